The van der Waals surface area contributed by atoms with E-state index in [9.17, 15) is 5.11 Å². The number of hydrogen-bond donors (Lipinski definition) is 2. The third-order valence-corrected chi connectivity index (χ3v) is 1.85. The molecule has 0 aliphatic carbocycles. The number of phenols is 1. The highest BCUT2D eigenvalue weighted by molar-refractivity contribution is 5.89. The van der Waals surface area contributed by atoms with Crippen molar-refractivity contribution in [3.05, 3.63) is 24.0 Å². The van der Waals surface area contributed by atoms with Crippen LogP contribution in [-0.4, -0.2) is 15.1 Å². The molecule has 0 atom stereocenters. The highest BCUT2D eigenvalue weighted by Gasteiger charge is 2.04. The molecular weight excluding hydrogens is 166 g/mol. The normalized spacial score (nSPS) is 10.5. The maximum absolute atomic E-state index is 9.32. The van der Waals surface area contributed by atoms with E-state index in [4.69, 9.17) is 5.73 Å². The van der Waals surface area contributed by atoms with Crippen molar-refractivity contribution >= 4 is 16.7 Å². The van der Waals surface area contributed by atoms with Crippen molar-refractivity contribution < 1.29 is 5.11 Å². The molecular formula is C9H9N3O. The van der Waals surface area contributed by atoms with E-state index in [1.807, 2.05) is 6.92 Å². The quantitative estimate of drug-likeness (QED) is 0.466. The molecule has 0 saturated heterocycles. The van der Waals surface area contributed by atoms with Gasteiger partial charge in [-0.15, -0.1) is 0 Å². The van der Waals surface area contributed by atoms with Crippen molar-refractivity contribution in [1.82, 2.24) is 9.97 Å². The number of anilines is 1. The molecule has 2 rings (SSSR count). The molecule has 0 saturated carbocycles. The summed E-state index contributed by atoms with van der Waals surface area (Å²) in [4.78, 5) is 8.32. The lowest BCUT2D eigenvalue weighted by Crippen LogP contribution is -1.93. The molecule has 1 aromatic carbocycles. The predicted molar refractivity (Wildman–Crippen MR) is 50.4 cm³/mol. The first-order chi connectivity index (χ1) is 6.18. The first-order valence-corrected chi connectivity index (χ1v) is 3.89. The van der Waals surface area contributed by atoms with Crippen molar-refractivity contribution in [2.75, 3.05) is 5.73 Å². The Morgan fingerprint density at radius 3 is 2.92 bits per heavy atom. The number of nitrogens with two attached hydrogens (primary N) is 1. The minimum Gasteiger partial charge on any atom is -0.506 e. The maximum Gasteiger partial charge on any atom is 0.140 e. The van der Waals surface area contributed by atoms with Gasteiger partial charge in [-0.05, 0) is 19.1 Å². The summed E-state index contributed by atoms with van der Waals surface area (Å²) in [6.45, 7) is 1.83. The van der Waals surface area contributed by atoms with Crippen LogP contribution in [0.5, 0.6) is 5.75 Å². The van der Waals surface area contributed by atoms with Gasteiger partial charge >= 0.3 is 0 Å². The van der Waals surface area contributed by atoms with Crippen LogP contribution < -0.4 is 5.73 Å². The van der Waals surface area contributed by atoms with Crippen LogP contribution in [0.3, 0.4) is 0 Å². The molecule has 13 heavy (non-hydrogen) atoms. The zero-order valence-corrected chi connectivity index (χ0v) is 7.15. The molecule has 3 N–H and O–H groups in total. The van der Waals surface area contributed by atoms with Crippen molar-refractivity contribution in [3.63, 3.8) is 0 Å². The van der Waals surface area contributed by atoms with Crippen LogP contribution in [0.25, 0.3) is 11.0 Å². The van der Waals surface area contributed by atoms with Gasteiger partial charge in [0.05, 0.1) is 11.2 Å². The van der Waals surface area contributed by atoms with E-state index in [0.717, 1.165) is 5.69 Å². The molecule has 4 heteroatoms. The molecule has 1 heterocycles. The van der Waals surface area contributed by atoms with Gasteiger partial charge in [0, 0.05) is 6.20 Å². The third-order valence-electron chi connectivity index (χ3n) is 1.85. The minimum atomic E-state index is 0.0485. The van der Waals surface area contributed by atoms with Crippen molar-refractivity contribution in [2.45, 2.75) is 6.92 Å². The van der Waals surface area contributed by atoms with E-state index < -0.39 is 0 Å². The average Bonchev–Trinajstić information content (AvgIpc) is 2.12. The van der Waals surface area contributed by atoms with Gasteiger partial charge in [0.2, 0.25) is 0 Å². The molecule has 0 aliphatic heterocycles. The predicted octanol–water partition coefficient (Wildman–Crippen LogP) is 1.23. The number of nitrogens with zero attached hydrogens (tertiary/aromatic N) is 2. The van der Waals surface area contributed by atoms with Crippen LogP contribution in [0.1, 0.15) is 5.69 Å². The Labute approximate surface area is 75.1 Å². The highest BCUT2D eigenvalue weighted by atomic mass is 16.3. The van der Waals surface area contributed by atoms with Gasteiger partial charge in [-0.25, -0.2) is 4.98 Å². The molecule has 0 bridgehead atoms. The zero-order chi connectivity index (χ0) is 9.42. The summed E-state index contributed by atoms with van der Waals surface area (Å²) in [5, 5.41) is 9.32. The Hall–Kier alpha value is -1.84. The van der Waals surface area contributed by atoms with Gasteiger partial charge in [-0.3, -0.25) is 4.98 Å². The molecule has 0 unspecified atom stereocenters. The molecule has 0 spiro atoms. The number of nitrogen functional groups attached to an aromatic ring is 1. The fourth-order valence-electron chi connectivity index (χ4n) is 1.18. The molecule has 66 valence electrons. The molecule has 0 aliphatic rings. The van der Waals surface area contributed by atoms with E-state index in [0.29, 0.717) is 11.0 Å². The molecule has 4 nitrogen and oxygen atoms in total. The van der Waals surface area contributed by atoms with Gasteiger partial charge in [-0.2, -0.15) is 0 Å². The van der Waals surface area contributed by atoms with E-state index >= 15 is 0 Å². The number of fused-ring (bicyclic) bond motifs is 1. The van der Waals surface area contributed by atoms with Crippen LogP contribution in [0, 0.1) is 6.92 Å². The Bertz CT molecular complexity index is 462. The van der Waals surface area contributed by atoms with Crippen LogP contribution in [-0.2, 0) is 0 Å². The maximum atomic E-state index is 9.32. The SMILES string of the molecule is Cc1cnc2ccc(O)c(N)c2n1. The second-order valence-electron chi connectivity index (χ2n) is 2.88. The topological polar surface area (TPSA) is 72.0 Å². The van der Waals surface area contributed by atoms with E-state index in [-0.39, 0.29) is 11.4 Å². The van der Waals surface area contributed by atoms with E-state index in [2.05, 4.69) is 9.97 Å². The third kappa shape index (κ3) is 1.16. The van der Waals surface area contributed by atoms with Crippen molar-refractivity contribution in [2.24, 2.45) is 0 Å². The Morgan fingerprint density at radius 2 is 2.15 bits per heavy atom. The highest BCUT2D eigenvalue weighted by Crippen LogP contribution is 2.26. The first kappa shape index (κ1) is 7.79. The Kier molecular flexibility index (Phi) is 1.55. The number of aromatic nitrogens is 2. The standard InChI is InChI=1S/C9H9N3O/c1-5-4-11-6-2-3-7(13)8(10)9(6)12-5/h2-4,13H,10H2,1H3. The van der Waals surface area contributed by atoms with Gasteiger partial charge in [0.1, 0.15) is 17.0 Å². The van der Waals surface area contributed by atoms with Crippen molar-refractivity contribution in [1.29, 1.82) is 0 Å². The summed E-state index contributed by atoms with van der Waals surface area (Å²) >= 11 is 0. The number of aromatic hydroxyl groups is 1. The Balaban J connectivity index is 2.89. The minimum absolute atomic E-state index is 0.0485. The largest absolute Gasteiger partial charge is 0.506 e. The molecule has 0 radical (unpaired) electrons. The number of phenolic OH excluding ortho intramolecular Hbond substituents is 1. The van der Waals surface area contributed by atoms with Crippen LogP contribution in [0.4, 0.5) is 5.69 Å². The lowest BCUT2D eigenvalue weighted by molar-refractivity contribution is 0.478. The number of hydrogen-bond acceptors (Lipinski definition) is 4. The number of rotatable bonds is 0. The lowest BCUT2D eigenvalue weighted by Gasteiger charge is -2.02. The van der Waals surface area contributed by atoms with Gasteiger partial charge < -0.3 is 10.8 Å². The van der Waals surface area contributed by atoms with Crippen LogP contribution in [0.2, 0.25) is 0 Å². The number of benzene rings is 1. The fraction of sp³-hybridized carbons (Fsp3) is 0.111. The van der Waals surface area contributed by atoms with E-state index in [1.165, 1.54) is 6.07 Å². The Morgan fingerprint density at radius 1 is 1.38 bits per heavy atom. The summed E-state index contributed by atoms with van der Waals surface area (Å²) < 4.78 is 0. The molecule has 0 amide bonds. The summed E-state index contributed by atoms with van der Waals surface area (Å²) in [7, 11) is 0. The second kappa shape index (κ2) is 2.58. The van der Waals surface area contributed by atoms with Crippen molar-refractivity contribution in [3.8, 4) is 5.75 Å². The van der Waals surface area contributed by atoms with Gasteiger partial charge in [-0.1, -0.05) is 0 Å². The summed E-state index contributed by atoms with van der Waals surface area (Å²) in [5.74, 6) is 0.0485. The summed E-state index contributed by atoms with van der Waals surface area (Å²) in [6.07, 6.45) is 1.67. The average molecular weight is 175 g/mol. The molecule has 0 fully saturated rings. The van der Waals surface area contributed by atoms with Crippen LogP contribution >= 0.6 is 0 Å². The fourth-order valence-corrected chi connectivity index (χ4v) is 1.18. The number of aryl methyl sites for hydroxylation is 1. The smallest absolute Gasteiger partial charge is 0.140 e. The summed E-state index contributed by atoms with van der Waals surface area (Å²) in [6, 6.07) is 3.20. The van der Waals surface area contributed by atoms with Gasteiger partial charge in [0.25, 0.3) is 0 Å². The second-order valence-corrected chi connectivity index (χ2v) is 2.88. The summed E-state index contributed by atoms with van der Waals surface area (Å²) in [5.41, 5.74) is 7.95. The van der Waals surface area contributed by atoms with E-state index in [1.54, 1.807) is 12.3 Å². The molecule has 2 aromatic rings. The zero-order valence-electron chi connectivity index (χ0n) is 7.15. The van der Waals surface area contributed by atoms with Gasteiger partial charge in [0.15, 0.2) is 0 Å². The monoisotopic (exact) mass is 175 g/mol. The first-order valence-electron chi connectivity index (χ1n) is 3.89. The lowest BCUT2D eigenvalue weighted by atomic mass is 10.2. The van der Waals surface area contributed by atoms with Crippen LogP contribution in [0.15, 0.2) is 18.3 Å². The molecule has 1 aromatic heterocycles.